The fourth-order valence-electron chi connectivity index (χ4n) is 1.99. The van der Waals surface area contributed by atoms with E-state index in [0.29, 0.717) is 6.54 Å². The van der Waals surface area contributed by atoms with Crippen LogP contribution in [0.3, 0.4) is 0 Å². The first-order chi connectivity index (χ1) is 12.7. The Hall–Kier alpha value is -2.46. The minimum Gasteiger partial charge on any atom is -0.355 e. The van der Waals surface area contributed by atoms with Crippen LogP contribution in [0.25, 0.3) is 0 Å². The second kappa shape index (κ2) is 10.6. The molecule has 1 rings (SSSR count). The second-order valence-corrected chi connectivity index (χ2v) is 7.82. The molecule has 0 heterocycles. The van der Waals surface area contributed by atoms with Crippen molar-refractivity contribution >= 4 is 27.7 Å². The standard InChI is InChI=1S/C17H26N4O5S/c1-4-9-18-15(22)10-19-16(23)11-20-17(24)13-5-7-14(8-6-13)27(25,26)21-12(2)3/h5-8,12,21H,4,9-11H2,1-3H3,(H,18,22)(H,19,23)(H,20,24). The molecule has 1 aromatic carbocycles. The molecule has 0 unspecified atom stereocenters. The molecule has 0 saturated heterocycles. The molecule has 0 spiro atoms. The van der Waals surface area contributed by atoms with Crippen molar-refractivity contribution in [2.24, 2.45) is 0 Å². The quantitative estimate of drug-likeness (QED) is 0.431. The SMILES string of the molecule is CCCNC(=O)CNC(=O)CNC(=O)c1ccc(S(=O)(=O)NC(C)C)cc1. The first kappa shape index (κ1) is 22.6. The van der Waals surface area contributed by atoms with Crippen molar-refractivity contribution in [2.75, 3.05) is 19.6 Å². The van der Waals surface area contributed by atoms with Crippen LogP contribution in [0.4, 0.5) is 0 Å². The van der Waals surface area contributed by atoms with E-state index < -0.39 is 21.8 Å². The summed E-state index contributed by atoms with van der Waals surface area (Å²) in [5.41, 5.74) is 0.215. The van der Waals surface area contributed by atoms with Crippen LogP contribution in [0.1, 0.15) is 37.6 Å². The van der Waals surface area contributed by atoms with Crippen molar-refractivity contribution in [1.29, 1.82) is 0 Å². The monoisotopic (exact) mass is 398 g/mol. The van der Waals surface area contributed by atoms with Crippen LogP contribution in [0.15, 0.2) is 29.2 Å². The maximum absolute atomic E-state index is 12.0. The third kappa shape index (κ3) is 8.18. The Morgan fingerprint density at radius 1 is 0.926 bits per heavy atom. The highest BCUT2D eigenvalue weighted by Gasteiger charge is 2.16. The van der Waals surface area contributed by atoms with Crippen molar-refractivity contribution < 1.29 is 22.8 Å². The molecular weight excluding hydrogens is 372 g/mol. The third-order valence-electron chi connectivity index (χ3n) is 3.25. The van der Waals surface area contributed by atoms with E-state index in [0.717, 1.165) is 6.42 Å². The second-order valence-electron chi connectivity index (χ2n) is 6.11. The molecule has 0 aliphatic heterocycles. The minimum absolute atomic E-state index is 0.0450. The highest BCUT2D eigenvalue weighted by molar-refractivity contribution is 7.89. The maximum atomic E-state index is 12.0. The Bertz CT molecular complexity index is 760. The van der Waals surface area contributed by atoms with Crippen LogP contribution in [0.2, 0.25) is 0 Å². The smallest absolute Gasteiger partial charge is 0.251 e. The summed E-state index contributed by atoms with van der Waals surface area (Å²) in [6.07, 6.45) is 0.795. The number of hydrogen-bond donors (Lipinski definition) is 4. The molecule has 0 radical (unpaired) electrons. The average Bonchev–Trinajstić information content (AvgIpc) is 2.61. The normalized spacial score (nSPS) is 11.1. The lowest BCUT2D eigenvalue weighted by Gasteiger charge is -2.10. The molecule has 9 nitrogen and oxygen atoms in total. The molecule has 1 aromatic rings. The van der Waals surface area contributed by atoms with Gasteiger partial charge in [0.05, 0.1) is 18.0 Å². The number of rotatable bonds is 10. The van der Waals surface area contributed by atoms with E-state index in [-0.39, 0.29) is 35.5 Å². The van der Waals surface area contributed by atoms with Crippen LogP contribution < -0.4 is 20.7 Å². The molecule has 150 valence electrons. The summed E-state index contributed by atoms with van der Waals surface area (Å²) in [4.78, 5) is 35.1. The number of carbonyl (C=O) groups excluding carboxylic acids is 3. The van der Waals surface area contributed by atoms with Crippen LogP contribution in [0.5, 0.6) is 0 Å². The largest absolute Gasteiger partial charge is 0.355 e. The fraction of sp³-hybridized carbons (Fsp3) is 0.471. The van der Waals surface area contributed by atoms with Crippen LogP contribution >= 0.6 is 0 Å². The summed E-state index contributed by atoms with van der Waals surface area (Å²) in [6, 6.07) is 5.11. The predicted octanol–water partition coefficient (Wildman–Crippen LogP) is -0.254. The molecule has 4 N–H and O–H groups in total. The van der Waals surface area contributed by atoms with Gasteiger partial charge in [0.2, 0.25) is 21.8 Å². The lowest BCUT2D eigenvalue weighted by Crippen LogP contribution is -2.42. The molecule has 0 atom stereocenters. The fourth-order valence-corrected chi connectivity index (χ4v) is 3.25. The summed E-state index contributed by atoms with van der Waals surface area (Å²) in [5.74, 6) is -1.33. The van der Waals surface area contributed by atoms with Gasteiger partial charge in [-0.25, -0.2) is 13.1 Å². The van der Waals surface area contributed by atoms with E-state index in [1.54, 1.807) is 13.8 Å². The van der Waals surface area contributed by atoms with Gasteiger partial charge in [-0.15, -0.1) is 0 Å². The zero-order valence-electron chi connectivity index (χ0n) is 15.7. The Kier molecular flexibility index (Phi) is 8.89. The van der Waals surface area contributed by atoms with Gasteiger partial charge in [-0.3, -0.25) is 14.4 Å². The highest BCUT2D eigenvalue weighted by Crippen LogP contribution is 2.11. The zero-order valence-corrected chi connectivity index (χ0v) is 16.5. The van der Waals surface area contributed by atoms with E-state index in [1.165, 1.54) is 24.3 Å². The van der Waals surface area contributed by atoms with Crippen LogP contribution in [-0.2, 0) is 19.6 Å². The maximum Gasteiger partial charge on any atom is 0.251 e. The minimum atomic E-state index is -3.63. The molecule has 0 fully saturated rings. The lowest BCUT2D eigenvalue weighted by atomic mass is 10.2. The number of carbonyl (C=O) groups is 3. The zero-order chi connectivity index (χ0) is 20.4. The van der Waals surface area contributed by atoms with Gasteiger partial charge in [0.15, 0.2) is 0 Å². The molecule has 10 heteroatoms. The van der Waals surface area contributed by atoms with E-state index in [4.69, 9.17) is 0 Å². The molecule has 0 aromatic heterocycles. The van der Waals surface area contributed by atoms with E-state index >= 15 is 0 Å². The van der Waals surface area contributed by atoms with Gasteiger partial charge in [-0.05, 0) is 44.5 Å². The summed E-state index contributed by atoms with van der Waals surface area (Å²) in [7, 11) is -3.63. The molecular formula is C17H26N4O5S. The first-order valence-electron chi connectivity index (χ1n) is 8.59. The van der Waals surface area contributed by atoms with E-state index in [1.807, 2.05) is 6.92 Å². The van der Waals surface area contributed by atoms with Crippen LogP contribution in [-0.4, -0.2) is 51.8 Å². The molecule has 0 saturated carbocycles. The van der Waals surface area contributed by atoms with Crippen molar-refractivity contribution in [3.8, 4) is 0 Å². The number of benzene rings is 1. The summed E-state index contributed by atoms with van der Waals surface area (Å²) in [5, 5.41) is 7.41. The van der Waals surface area contributed by atoms with Crippen LogP contribution in [0, 0.1) is 0 Å². The lowest BCUT2D eigenvalue weighted by molar-refractivity contribution is -0.125. The Balaban J connectivity index is 2.51. The van der Waals surface area contributed by atoms with Gasteiger partial charge in [0, 0.05) is 18.2 Å². The summed E-state index contributed by atoms with van der Waals surface area (Å²) >= 11 is 0. The summed E-state index contributed by atoms with van der Waals surface area (Å²) < 4.78 is 26.5. The molecule has 0 bridgehead atoms. The molecule has 3 amide bonds. The molecule has 27 heavy (non-hydrogen) atoms. The third-order valence-corrected chi connectivity index (χ3v) is 4.92. The van der Waals surface area contributed by atoms with Gasteiger partial charge in [0.1, 0.15) is 0 Å². The van der Waals surface area contributed by atoms with E-state index in [2.05, 4.69) is 20.7 Å². The number of nitrogens with one attached hydrogen (secondary N) is 4. The van der Waals surface area contributed by atoms with Crippen molar-refractivity contribution in [1.82, 2.24) is 20.7 Å². The average molecular weight is 398 g/mol. The Labute approximate surface area is 159 Å². The summed E-state index contributed by atoms with van der Waals surface area (Å²) in [6.45, 7) is 5.40. The topological polar surface area (TPSA) is 133 Å². The Morgan fingerprint density at radius 3 is 2.04 bits per heavy atom. The Morgan fingerprint density at radius 2 is 1.48 bits per heavy atom. The molecule has 0 aliphatic carbocycles. The number of hydrogen-bond acceptors (Lipinski definition) is 5. The number of amides is 3. The molecule has 0 aliphatic rings. The predicted molar refractivity (Wildman–Crippen MR) is 101 cm³/mol. The van der Waals surface area contributed by atoms with E-state index in [9.17, 15) is 22.8 Å². The van der Waals surface area contributed by atoms with Crippen molar-refractivity contribution in [3.63, 3.8) is 0 Å². The van der Waals surface area contributed by atoms with Gasteiger partial charge >= 0.3 is 0 Å². The van der Waals surface area contributed by atoms with Gasteiger partial charge in [-0.1, -0.05) is 6.92 Å². The van der Waals surface area contributed by atoms with Gasteiger partial charge in [-0.2, -0.15) is 0 Å². The van der Waals surface area contributed by atoms with Gasteiger partial charge < -0.3 is 16.0 Å². The highest BCUT2D eigenvalue weighted by atomic mass is 32.2. The number of sulfonamides is 1. The first-order valence-corrected chi connectivity index (χ1v) is 10.1. The van der Waals surface area contributed by atoms with Crippen molar-refractivity contribution in [2.45, 2.75) is 38.1 Å². The van der Waals surface area contributed by atoms with Crippen molar-refractivity contribution in [3.05, 3.63) is 29.8 Å². The van der Waals surface area contributed by atoms with Gasteiger partial charge in [0.25, 0.3) is 5.91 Å².